The second-order valence-corrected chi connectivity index (χ2v) is 3.35. The lowest BCUT2D eigenvalue weighted by Crippen LogP contribution is -2.07. The molecule has 0 amide bonds. The van der Waals surface area contributed by atoms with Gasteiger partial charge in [0.05, 0.1) is 12.2 Å². The number of aromatic nitrogens is 2. The predicted octanol–water partition coefficient (Wildman–Crippen LogP) is 2.11. The third-order valence-corrected chi connectivity index (χ3v) is 2.25. The van der Waals surface area contributed by atoms with Crippen molar-refractivity contribution in [2.75, 3.05) is 6.61 Å². The highest BCUT2D eigenvalue weighted by molar-refractivity contribution is 6.09. The Hall–Kier alpha value is -2.23. The number of hydrogen-bond donors (Lipinski definition) is 0. The first-order valence-corrected chi connectivity index (χ1v) is 5.35. The van der Waals surface area contributed by atoms with Crippen LogP contribution in [0.5, 0.6) is 5.75 Å². The first-order chi connectivity index (χ1) is 8.33. The van der Waals surface area contributed by atoms with Crippen molar-refractivity contribution in [2.24, 2.45) is 0 Å². The van der Waals surface area contributed by atoms with Crippen LogP contribution in [0.1, 0.15) is 23.0 Å². The summed E-state index contributed by atoms with van der Waals surface area (Å²) >= 11 is 0. The summed E-state index contributed by atoms with van der Waals surface area (Å²) in [6, 6.07) is 8.73. The lowest BCUT2D eigenvalue weighted by molar-refractivity contribution is 0.103. The number of nitrogens with zero attached hydrogens (tertiary/aromatic N) is 2. The number of para-hydroxylation sites is 1. The van der Waals surface area contributed by atoms with Crippen molar-refractivity contribution in [3.05, 3.63) is 54.1 Å². The summed E-state index contributed by atoms with van der Waals surface area (Å²) in [6.45, 7) is 2.40. The molecule has 0 spiro atoms. The maximum absolute atomic E-state index is 12.2. The Bertz CT molecular complexity index is 512. The van der Waals surface area contributed by atoms with E-state index in [0.29, 0.717) is 23.6 Å². The number of carbonyl (C=O) groups excluding carboxylic acids is 1. The number of ketones is 1. The van der Waals surface area contributed by atoms with E-state index in [0.717, 1.165) is 0 Å². The van der Waals surface area contributed by atoms with E-state index < -0.39 is 0 Å². The predicted molar refractivity (Wildman–Crippen MR) is 63.1 cm³/mol. The van der Waals surface area contributed by atoms with Crippen molar-refractivity contribution in [2.45, 2.75) is 6.92 Å². The van der Waals surface area contributed by atoms with Crippen LogP contribution in [0.15, 0.2) is 42.9 Å². The molecule has 0 aliphatic heterocycles. The Morgan fingerprint density at radius 3 is 2.82 bits per heavy atom. The van der Waals surface area contributed by atoms with Crippen molar-refractivity contribution in [1.29, 1.82) is 0 Å². The average molecular weight is 228 g/mol. The summed E-state index contributed by atoms with van der Waals surface area (Å²) in [5, 5.41) is 0. The molecule has 1 aromatic heterocycles. The summed E-state index contributed by atoms with van der Waals surface area (Å²) in [5.41, 5.74) is 0.889. The highest BCUT2D eigenvalue weighted by Crippen LogP contribution is 2.20. The van der Waals surface area contributed by atoms with E-state index >= 15 is 0 Å². The van der Waals surface area contributed by atoms with Gasteiger partial charge >= 0.3 is 0 Å². The van der Waals surface area contributed by atoms with Crippen LogP contribution >= 0.6 is 0 Å². The number of rotatable bonds is 4. The number of benzene rings is 1. The van der Waals surface area contributed by atoms with Crippen molar-refractivity contribution in [1.82, 2.24) is 9.97 Å². The fraction of sp³-hybridized carbons (Fsp3) is 0.154. The zero-order chi connectivity index (χ0) is 12.1. The van der Waals surface area contributed by atoms with Gasteiger partial charge in [0.25, 0.3) is 0 Å². The number of hydrogen-bond acceptors (Lipinski definition) is 4. The molecule has 1 heterocycles. The Morgan fingerprint density at radius 2 is 2.12 bits per heavy atom. The van der Waals surface area contributed by atoms with Crippen LogP contribution in [0.4, 0.5) is 0 Å². The van der Waals surface area contributed by atoms with Crippen LogP contribution in [0.25, 0.3) is 0 Å². The van der Waals surface area contributed by atoms with E-state index in [2.05, 4.69) is 9.97 Å². The molecule has 0 unspecified atom stereocenters. The van der Waals surface area contributed by atoms with Gasteiger partial charge in [-0.25, -0.2) is 9.97 Å². The molecule has 86 valence electrons. The number of ether oxygens (including phenoxy) is 1. The molecule has 0 radical (unpaired) electrons. The molecule has 17 heavy (non-hydrogen) atoms. The van der Waals surface area contributed by atoms with Gasteiger partial charge in [-0.2, -0.15) is 0 Å². The molecule has 4 heteroatoms. The van der Waals surface area contributed by atoms with Gasteiger partial charge < -0.3 is 4.74 Å². The Balaban J connectivity index is 2.37. The van der Waals surface area contributed by atoms with E-state index in [1.165, 1.54) is 6.33 Å². The SMILES string of the molecule is CCOc1ccccc1C(=O)c1ccncn1. The van der Waals surface area contributed by atoms with Gasteiger partial charge in [0.1, 0.15) is 17.8 Å². The molecular weight excluding hydrogens is 216 g/mol. The molecule has 0 saturated carbocycles. The minimum Gasteiger partial charge on any atom is -0.493 e. The van der Waals surface area contributed by atoms with Crippen LogP contribution in [-0.4, -0.2) is 22.4 Å². The second kappa shape index (κ2) is 5.21. The molecule has 0 atom stereocenters. The molecule has 0 saturated heterocycles. The second-order valence-electron chi connectivity index (χ2n) is 3.35. The summed E-state index contributed by atoms with van der Waals surface area (Å²) < 4.78 is 5.42. The van der Waals surface area contributed by atoms with E-state index in [9.17, 15) is 4.79 Å². The van der Waals surface area contributed by atoms with Gasteiger partial charge in [0.2, 0.25) is 5.78 Å². The maximum atomic E-state index is 12.2. The van der Waals surface area contributed by atoms with Gasteiger partial charge in [0, 0.05) is 6.20 Å². The van der Waals surface area contributed by atoms with Gasteiger partial charge in [-0.1, -0.05) is 12.1 Å². The van der Waals surface area contributed by atoms with Crippen molar-refractivity contribution >= 4 is 5.78 Å². The third kappa shape index (κ3) is 2.47. The summed E-state index contributed by atoms with van der Waals surface area (Å²) in [5.74, 6) is 0.426. The van der Waals surface area contributed by atoms with E-state index in [-0.39, 0.29) is 5.78 Å². The largest absolute Gasteiger partial charge is 0.493 e. The van der Waals surface area contributed by atoms with Crippen molar-refractivity contribution in [3.8, 4) is 5.75 Å². The quantitative estimate of drug-likeness (QED) is 0.752. The van der Waals surface area contributed by atoms with Crippen molar-refractivity contribution in [3.63, 3.8) is 0 Å². The maximum Gasteiger partial charge on any atom is 0.215 e. The molecule has 1 aromatic carbocycles. The van der Waals surface area contributed by atoms with Crippen LogP contribution in [0, 0.1) is 0 Å². The molecule has 0 aliphatic carbocycles. The topological polar surface area (TPSA) is 52.1 Å². The third-order valence-electron chi connectivity index (χ3n) is 2.25. The van der Waals surface area contributed by atoms with E-state index in [4.69, 9.17) is 4.74 Å². The van der Waals surface area contributed by atoms with E-state index in [1.54, 1.807) is 30.5 Å². The lowest BCUT2D eigenvalue weighted by Gasteiger charge is -2.08. The normalized spacial score (nSPS) is 9.94. The molecule has 2 aromatic rings. The molecule has 2 rings (SSSR count). The van der Waals surface area contributed by atoms with Crippen LogP contribution in [0.3, 0.4) is 0 Å². The van der Waals surface area contributed by atoms with Gasteiger partial charge in [-0.05, 0) is 25.1 Å². The molecule has 0 bridgehead atoms. The first kappa shape index (κ1) is 11.3. The first-order valence-electron chi connectivity index (χ1n) is 5.35. The molecule has 0 aliphatic rings. The Labute approximate surface area is 99.3 Å². The number of carbonyl (C=O) groups is 1. The highest BCUT2D eigenvalue weighted by Gasteiger charge is 2.14. The van der Waals surface area contributed by atoms with Crippen molar-refractivity contribution < 1.29 is 9.53 Å². The van der Waals surface area contributed by atoms with Crippen LogP contribution in [-0.2, 0) is 0 Å². The zero-order valence-corrected chi connectivity index (χ0v) is 9.46. The summed E-state index contributed by atoms with van der Waals surface area (Å²) in [6.07, 6.45) is 2.90. The average Bonchev–Trinajstić information content (AvgIpc) is 2.40. The molecule has 0 N–H and O–H groups in total. The molecular formula is C13H12N2O2. The molecule has 4 nitrogen and oxygen atoms in total. The minimum atomic E-state index is -0.156. The van der Waals surface area contributed by atoms with Gasteiger partial charge in [0.15, 0.2) is 0 Å². The zero-order valence-electron chi connectivity index (χ0n) is 9.46. The summed E-state index contributed by atoms with van der Waals surface area (Å²) in [4.78, 5) is 19.9. The fourth-order valence-corrected chi connectivity index (χ4v) is 1.50. The van der Waals surface area contributed by atoms with Crippen LogP contribution < -0.4 is 4.74 Å². The standard InChI is InChI=1S/C13H12N2O2/c1-2-17-12-6-4-3-5-10(12)13(16)11-7-8-14-9-15-11/h3-9H,2H2,1H3. The van der Waals surface area contributed by atoms with Crippen LogP contribution in [0.2, 0.25) is 0 Å². The van der Waals surface area contributed by atoms with Gasteiger partial charge in [-0.3, -0.25) is 4.79 Å². The monoisotopic (exact) mass is 228 g/mol. The fourth-order valence-electron chi connectivity index (χ4n) is 1.50. The Morgan fingerprint density at radius 1 is 1.29 bits per heavy atom. The summed E-state index contributed by atoms with van der Waals surface area (Å²) in [7, 11) is 0. The smallest absolute Gasteiger partial charge is 0.215 e. The Kier molecular flexibility index (Phi) is 3.45. The van der Waals surface area contributed by atoms with E-state index in [1.807, 2.05) is 13.0 Å². The highest BCUT2D eigenvalue weighted by atomic mass is 16.5. The lowest BCUT2D eigenvalue weighted by atomic mass is 10.1. The minimum absolute atomic E-state index is 0.156. The van der Waals surface area contributed by atoms with Gasteiger partial charge in [-0.15, -0.1) is 0 Å². The molecule has 0 fully saturated rings.